The number of unbranched alkanes of at least 4 members (excludes halogenated alkanes) is 1. The molecule has 0 saturated heterocycles. The van der Waals surface area contributed by atoms with Gasteiger partial charge in [-0.25, -0.2) is 0 Å². The summed E-state index contributed by atoms with van der Waals surface area (Å²) in [6, 6.07) is 5.70. The number of allylic oxidation sites excluding steroid dienone is 1. The summed E-state index contributed by atoms with van der Waals surface area (Å²) < 4.78 is 0. The fourth-order valence-corrected chi connectivity index (χ4v) is 2.08. The molecule has 0 aliphatic carbocycles. The van der Waals surface area contributed by atoms with Crippen molar-refractivity contribution in [2.24, 2.45) is 5.73 Å². The molecule has 0 bridgehead atoms. The van der Waals surface area contributed by atoms with Crippen LogP contribution in [0.25, 0.3) is 0 Å². The van der Waals surface area contributed by atoms with Crippen LogP contribution in [0.2, 0.25) is 10.0 Å². The van der Waals surface area contributed by atoms with Crippen molar-refractivity contribution < 1.29 is 0 Å². The topological polar surface area (TPSA) is 26.0 Å². The third-order valence-corrected chi connectivity index (χ3v) is 3.07. The van der Waals surface area contributed by atoms with Gasteiger partial charge in [-0.3, -0.25) is 0 Å². The van der Waals surface area contributed by atoms with Gasteiger partial charge in [0.2, 0.25) is 0 Å². The maximum absolute atomic E-state index is 6.08. The normalized spacial score (nSPS) is 12.4. The molecular weight excluding hydrogens is 241 g/mol. The molecular formula is C13H17Cl2N. The lowest BCUT2D eigenvalue weighted by atomic mass is 10.0. The lowest BCUT2D eigenvalue weighted by molar-refractivity contribution is 0.584. The first-order valence-electron chi connectivity index (χ1n) is 5.44. The van der Waals surface area contributed by atoms with Crippen LogP contribution < -0.4 is 5.73 Å². The second-order valence-electron chi connectivity index (χ2n) is 3.92. The summed E-state index contributed by atoms with van der Waals surface area (Å²) in [4.78, 5) is 0. The van der Waals surface area contributed by atoms with Crippen molar-refractivity contribution in [2.75, 3.05) is 0 Å². The van der Waals surface area contributed by atoms with Crippen molar-refractivity contribution >= 4 is 23.2 Å². The minimum atomic E-state index is 0.152. The van der Waals surface area contributed by atoms with Crippen LogP contribution in [0.4, 0.5) is 0 Å². The van der Waals surface area contributed by atoms with Crippen LogP contribution in [0.3, 0.4) is 0 Å². The van der Waals surface area contributed by atoms with Gasteiger partial charge in [-0.2, -0.15) is 0 Å². The van der Waals surface area contributed by atoms with Gasteiger partial charge in [0, 0.05) is 16.1 Å². The molecule has 0 aliphatic heterocycles. The lowest BCUT2D eigenvalue weighted by Crippen LogP contribution is -2.22. The van der Waals surface area contributed by atoms with Crippen molar-refractivity contribution in [1.82, 2.24) is 0 Å². The maximum Gasteiger partial charge on any atom is 0.0453 e. The van der Waals surface area contributed by atoms with Gasteiger partial charge >= 0.3 is 0 Å². The number of benzene rings is 1. The first-order valence-corrected chi connectivity index (χ1v) is 6.19. The Balaban J connectivity index is 2.49. The molecule has 0 saturated carbocycles. The third kappa shape index (κ3) is 4.56. The zero-order valence-corrected chi connectivity index (χ0v) is 10.8. The molecule has 16 heavy (non-hydrogen) atoms. The minimum absolute atomic E-state index is 0.152. The Labute approximate surface area is 107 Å². The Kier molecular flexibility index (Phi) is 5.89. The standard InChI is InChI=1S/C13H17Cl2N/c1-2-3-4-5-12(16)8-10-6-7-11(14)9-13(10)15/h2,6-7,9,12H,1,3-5,8,16H2. The van der Waals surface area contributed by atoms with Crippen molar-refractivity contribution in [1.29, 1.82) is 0 Å². The van der Waals surface area contributed by atoms with Gasteiger partial charge in [-0.1, -0.05) is 35.3 Å². The van der Waals surface area contributed by atoms with E-state index >= 15 is 0 Å². The predicted octanol–water partition coefficient (Wildman–Crippen LogP) is 4.22. The Morgan fingerprint density at radius 1 is 1.38 bits per heavy atom. The summed E-state index contributed by atoms with van der Waals surface area (Å²) in [7, 11) is 0. The molecule has 1 atom stereocenters. The van der Waals surface area contributed by atoms with E-state index in [0.717, 1.165) is 31.2 Å². The smallest absolute Gasteiger partial charge is 0.0453 e. The molecule has 0 radical (unpaired) electrons. The molecule has 1 rings (SSSR count). The number of hydrogen-bond acceptors (Lipinski definition) is 1. The van der Waals surface area contributed by atoms with Gasteiger partial charge in [0.05, 0.1) is 0 Å². The fourth-order valence-electron chi connectivity index (χ4n) is 1.60. The second kappa shape index (κ2) is 6.95. The van der Waals surface area contributed by atoms with E-state index in [4.69, 9.17) is 28.9 Å². The van der Waals surface area contributed by atoms with E-state index in [9.17, 15) is 0 Å². The summed E-state index contributed by atoms with van der Waals surface area (Å²) in [5, 5.41) is 1.36. The summed E-state index contributed by atoms with van der Waals surface area (Å²) in [5.41, 5.74) is 7.09. The van der Waals surface area contributed by atoms with E-state index in [2.05, 4.69) is 6.58 Å². The molecule has 0 spiro atoms. The van der Waals surface area contributed by atoms with Gasteiger partial charge in [0.25, 0.3) is 0 Å². The highest BCUT2D eigenvalue weighted by molar-refractivity contribution is 6.35. The SMILES string of the molecule is C=CCCCC(N)Cc1ccc(Cl)cc1Cl. The molecule has 1 aromatic carbocycles. The van der Waals surface area contributed by atoms with Crippen molar-refractivity contribution in [3.8, 4) is 0 Å². The molecule has 1 nitrogen and oxygen atoms in total. The van der Waals surface area contributed by atoms with E-state index in [1.165, 1.54) is 0 Å². The second-order valence-corrected chi connectivity index (χ2v) is 4.76. The predicted molar refractivity (Wildman–Crippen MR) is 72.2 cm³/mol. The highest BCUT2D eigenvalue weighted by Crippen LogP contribution is 2.22. The van der Waals surface area contributed by atoms with Crippen LogP contribution in [-0.4, -0.2) is 6.04 Å². The van der Waals surface area contributed by atoms with E-state index in [1.807, 2.05) is 18.2 Å². The summed E-state index contributed by atoms with van der Waals surface area (Å²) >= 11 is 11.9. The van der Waals surface area contributed by atoms with Crippen molar-refractivity contribution in [3.05, 3.63) is 46.5 Å². The molecule has 0 amide bonds. The Morgan fingerprint density at radius 3 is 2.75 bits per heavy atom. The molecule has 88 valence electrons. The van der Waals surface area contributed by atoms with E-state index in [0.29, 0.717) is 10.0 Å². The van der Waals surface area contributed by atoms with Crippen LogP contribution in [-0.2, 0) is 6.42 Å². The van der Waals surface area contributed by atoms with Gasteiger partial charge in [0.1, 0.15) is 0 Å². The molecule has 1 unspecified atom stereocenters. The molecule has 2 N–H and O–H groups in total. The van der Waals surface area contributed by atoms with Gasteiger partial charge in [-0.15, -0.1) is 6.58 Å². The summed E-state index contributed by atoms with van der Waals surface area (Å²) in [6.45, 7) is 3.69. The van der Waals surface area contributed by atoms with Crippen LogP contribution in [0.5, 0.6) is 0 Å². The number of hydrogen-bond donors (Lipinski definition) is 1. The highest BCUT2D eigenvalue weighted by atomic mass is 35.5. The number of nitrogens with two attached hydrogens (primary N) is 1. The zero-order valence-electron chi connectivity index (χ0n) is 9.26. The van der Waals surface area contributed by atoms with Gasteiger partial charge in [0.15, 0.2) is 0 Å². The largest absolute Gasteiger partial charge is 0.327 e. The van der Waals surface area contributed by atoms with Crippen LogP contribution >= 0.6 is 23.2 Å². The molecule has 0 aliphatic rings. The maximum atomic E-state index is 6.08. The lowest BCUT2D eigenvalue weighted by Gasteiger charge is -2.12. The number of rotatable bonds is 6. The van der Waals surface area contributed by atoms with Crippen LogP contribution in [0.1, 0.15) is 24.8 Å². The van der Waals surface area contributed by atoms with Gasteiger partial charge in [-0.05, 0) is 43.4 Å². The van der Waals surface area contributed by atoms with E-state index < -0.39 is 0 Å². The number of halogens is 2. The average molecular weight is 258 g/mol. The van der Waals surface area contributed by atoms with Crippen LogP contribution in [0, 0.1) is 0 Å². The molecule has 3 heteroatoms. The molecule has 1 aromatic rings. The Bertz CT molecular complexity index is 350. The minimum Gasteiger partial charge on any atom is -0.327 e. The monoisotopic (exact) mass is 257 g/mol. The van der Waals surface area contributed by atoms with Gasteiger partial charge < -0.3 is 5.73 Å². The molecule has 0 fully saturated rings. The van der Waals surface area contributed by atoms with E-state index in [1.54, 1.807) is 6.07 Å². The quantitative estimate of drug-likeness (QED) is 0.600. The summed E-state index contributed by atoms with van der Waals surface area (Å²) in [5.74, 6) is 0. The summed E-state index contributed by atoms with van der Waals surface area (Å²) in [6.07, 6.45) is 5.80. The first kappa shape index (κ1) is 13.6. The Morgan fingerprint density at radius 2 is 2.12 bits per heavy atom. The van der Waals surface area contributed by atoms with E-state index in [-0.39, 0.29) is 6.04 Å². The first-order chi connectivity index (χ1) is 7.63. The average Bonchev–Trinajstić information content (AvgIpc) is 2.23. The van der Waals surface area contributed by atoms with Crippen LogP contribution in [0.15, 0.2) is 30.9 Å². The molecule has 0 heterocycles. The highest BCUT2D eigenvalue weighted by Gasteiger charge is 2.07. The molecule has 0 aromatic heterocycles. The zero-order chi connectivity index (χ0) is 12.0. The fraction of sp³-hybridized carbons (Fsp3) is 0.385. The van der Waals surface area contributed by atoms with Crippen molar-refractivity contribution in [2.45, 2.75) is 31.7 Å². The third-order valence-electron chi connectivity index (χ3n) is 2.48. The Hall–Kier alpha value is -0.500. The van der Waals surface area contributed by atoms with Crippen molar-refractivity contribution in [3.63, 3.8) is 0 Å².